The molecule has 0 radical (unpaired) electrons. The normalized spacial score (nSPS) is 27.4. The Bertz CT molecular complexity index is 885. The third-order valence-electron chi connectivity index (χ3n) is 6.68. The van der Waals surface area contributed by atoms with Gasteiger partial charge in [0.25, 0.3) is 5.91 Å². The van der Waals surface area contributed by atoms with Crippen LogP contribution in [0.1, 0.15) is 44.2 Å². The van der Waals surface area contributed by atoms with Gasteiger partial charge >= 0.3 is 12.1 Å². The number of fused-ring (bicyclic) bond motifs is 2. The first-order valence-corrected chi connectivity index (χ1v) is 11.0. The number of amides is 1. The molecule has 176 valence electrons. The molecule has 0 unspecified atom stereocenters. The van der Waals surface area contributed by atoms with Crippen molar-refractivity contribution in [3.05, 3.63) is 35.4 Å². The quantitative estimate of drug-likeness (QED) is 0.751. The Morgan fingerprint density at radius 2 is 1.84 bits per heavy atom. The molecule has 1 aromatic carbocycles. The third kappa shape index (κ3) is 4.67. The number of carbonyl (C=O) groups excluding carboxylic acids is 1. The molecule has 3 atom stereocenters. The van der Waals surface area contributed by atoms with Gasteiger partial charge in [-0.3, -0.25) is 19.6 Å². The van der Waals surface area contributed by atoms with Gasteiger partial charge in [-0.05, 0) is 38.2 Å². The smallest absolute Gasteiger partial charge is 0.475 e. The number of hydrogen-bond donors (Lipinski definition) is 1. The van der Waals surface area contributed by atoms with Gasteiger partial charge in [0.05, 0.1) is 0 Å². The maximum Gasteiger partial charge on any atom is 0.490 e. The molecule has 1 aliphatic carbocycles. The van der Waals surface area contributed by atoms with Gasteiger partial charge in [0.1, 0.15) is 11.4 Å². The summed E-state index contributed by atoms with van der Waals surface area (Å²) in [4.78, 5) is 31.6. The van der Waals surface area contributed by atoms with E-state index in [0.717, 1.165) is 51.3 Å². The van der Waals surface area contributed by atoms with Crippen LogP contribution in [0.4, 0.5) is 13.2 Å². The van der Waals surface area contributed by atoms with Crippen LogP contribution < -0.4 is 0 Å². The lowest BCUT2D eigenvalue weighted by Crippen LogP contribution is -2.46. The average Bonchev–Trinajstić information content (AvgIpc) is 3.37. The Morgan fingerprint density at radius 3 is 2.34 bits per heavy atom. The SMILES string of the molecule is CCC1=N[C@@]2(CC[C@@H]3CN(Cc4ccc(C)cc4)C[C@@H]32)C(=O)N1CC.O=C(O)C(F)(F)F. The highest BCUT2D eigenvalue weighted by molar-refractivity contribution is 6.08. The van der Waals surface area contributed by atoms with E-state index in [0.29, 0.717) is 11.8 Å². The fourth-order valence-electron chi connectivity index (χ4n) is 5.16. The van der Waals surface area contributed by atoms with E-state index in [9.17, 15) is 18.0 Å². The zero-order valence-electron chi connectivity index (χ0n) is 18.7. The number of amidine groups is 1. The van der Waals surface area contributed by atoms with Gasteiger partial charge in [-0.25, -0.2) is 4.79 Å². The van der Waals surface area contributed by atoms with Crippen molar-refractivity contribution in [2.75, 3.05) is 19.6 Å². The van der Waals surface area contributed by atoms with Crippen molar-refractivity contribution >= 4 is 17.7 Å². The van der Waals surface area contributed by atoms with Crippen LogP contribution in [-0.4, -0.2) is 64.0 Å². The molecule has 1 amide bonds. The van der Waals surface area contributed by atoms with E-state index in [4.69, 9.17) is 14.9 Å². The second-order valence-corrected chi connectivity index (χ2v) is 8.74. The minimum atomic E-state index is -5.08. The lowest BCUT2D eigenvalue weighted by molar-refractivity contribution is -0.192. The van der Waals surface area contributed by atoms with Crippen molar-refractivity contribution in [1.82, 2.24) is 9.80 Å². The summed E-state index contributed by atoms with van der Waals surface area (Å²) in [6, 6.07) is 8.83. The summed E-state index contributed by atoms with van der Waals surface area (Å²) in [5, 5.41) is 7.12. The zero-order valence-corrected chi connectivity index (χ0v) is 18.7. The van der Waals surface area contributed by atoms with Crippen molar-refractivity contribution < 1.29 is 27.9 Å². The molecule has 3 aliphatic rings. The van der Waals surface area contributed by atoms with Crippen LogP contribution in [0.3, 0.4) is 0 Å². The Morgan fingerprint density at radius 1 is 1.22 bits per heavy atom. The number of aliphatic carboxylic acids is 1. The number of likely N-dealkylation sites (N-methyl/N-ethyl adjacent to an activating group) is 1. The number of carboxylic acids is 1. The number of nitrogens with zero attached hydrogens (tertiary/aromatic N) is 3. The third-order valence-corrected chi connectivity index (χ3v) is 6.68. The molecule has 1 aromatic rings. The summed E-state index contributed by atoms with van der Waals surface area (Å²) in [6.45, 7) is 10.1. The number of carbonyl (C=O) groups is 2. The minimum absolute atomic E-state index is 0.275. The number of alkyl halides is 3. The molecule has 9 heteroatoms. The second-order valence-electron chi connectivity index (χ2n) is 8.74. The van der Waals surface area contributed by atoms with Gasteiger partial charge in [0.2, 0.25) is 0 Å². The fourth-order valence-corrected chi connectivity index (χ4v) is 5.16. The van der Waals surface area contributed by atoms with Crippen molar-refractivity contribution in [2.45, 2.75) is 58.3 Å². The molecular weight excluding hydrogens is 423 g/mol. The number of aryl methyl sites for hydroxylation is 1. The first-order valence-electron chi connectivity index (χ1n) is 11.0. The van der Waals surface area contributed by atoms with Crippen molar-refractivity contribution in [2.24, 2.45) is 16.8 Å². The Balaban J connectivity index is 0.000000360. The van der Waals surface area contributed by atoms with E-state index in [1.807, 2.05) is 4.90 Å². The summed E-state index contributed by atoms with van der Waals surface area (Å²) in [5.41, 5.74) is 2.22. The van der Waals surface area contributed by atoms with Crippen LogP contribution in [0.2, 0.25) is 0 Å². The molecule has 1 N–H and O–H groups in total. The highest BCUT2D eigenvalue weighted by Crippen LogP contribution is 2.50. The van der Waals surface area contributed by atoms with Gasteiger partial charge in [0, 0.05) is 38.5 Å². The molecule has 0 aromatic heterocycles. The van der Waals surface area contributed by atoms with E-state index < -0.39 is 17.7 Å². The summed E-state index contributed by atoms with van der Waals surface area (Å²) in [7, 11) is 0. The Hall–Kier alpha value is -2.42. The van der Waals surface area contributed by atoms with Crippen LogP contribution in [0.5, 0.6) is 0 Å². The van der Waals surface area contributed by atoms with Crippen molar-refractivity contribution in [3.8, 4) is 0 Å². The molecule has 2 fully saturated rings. The lowest BCUT2D eigenvalue weighted by atomic mass is 9.85. The monoisotopic (exact) mass is 453 g/mol. The largest absolute Gasteiger partial charge is 0.490 e. The summed E-state index contributed by atoms with van der Waals surface area (Å²) in [6.07, 6.45) is -2.15. The van der Waals surface area contributed by atoms with Gasteiger partial charge in [-0.1, -0.05) is 36.8 Å². The average molecular weight is 454 g/mol. The molecule has 1 spiro atoms. The zero-order chi connectivity index (χ0) is 23.7. The molecule has 2 heterocycles. The highest BCUT2D eigenvalue weighted by Gasteiger charge is 2.60. The van der Waals surface area contributed by atoms with Crippen LogP contribution in [-0.2, 0) is 16.1 Å². The van der Waals surface area contributed by atoms with Crippen LogP contribution in [0, 0.1) is 18.8 Å². The van der Waals surface area contributed by atoms with E-state index >= 15 is 0 Å². The maximum absolute atomic E-state index is 13.2. The van der Waals surface area contributed by atoms with Gasteiger partial charge in [-0.2, -0.15) is 13.2 Å². The molecule has 0 bridgehead atoms. The lowest BCUT2D eigenvalue weighted by Gasteiger charge is -2.28. The predicted octanol–water partition coefficient (Wildman–Crippen LogP) is 3.88. The van der Waals surface area contributed by atoms with E-state index in [-0.39, 0.29) is 5.91 Å². The summed E-state index contributed by atoms with van der Waals surface area (Å²) in [5.74, 6) is -0.467. The summed E-state index contributed by atoms with van der Waals surface area (Å²) >= 11 is 0. The van der Waals surface area contributed by atoms with E-state index in [1.165, 1.54) is 11.1 Å². The number of likely N-dealkylation sites (tertiary alicyclic amines) is 1. The Labute approximate surface area is 186 Å². The fraction of sp³-hybridized carbons (Fsp3) is 0.609. The predicted molar refractivity (Wildman–Crippen MR) is 114 cm³/mol. The van der Waals surface area contributed by atoms with Gasteiger partial charge in [-0.15, -0.1) is 0 Å². The standard InChI is InChI=1S/C21H29N3O.C2HF3O2/c1-4-19-22-21(20(25)24(19)5-2)11-10-17-13-23(14-18(17)21)12-16-8-6-15(3)7-9-16;3-2(4,5)1(6)7/h6-9,17-18H,4-5,10-14H2,1-3H3;(H,6,7)/t17-,18+,21-;/m1./s1. The molecular formula is C23H30F3N3O3. The topological polar surface area (TPSA) is 73.2 Å². The van der Waals surface area contributed by atoms with E-state index in [2.05, 4.69) is 49.9 Å². The number of halogens is 3. The number of rotatable bonds is 4. The highest BCUT2D eigenvalue weighted by atomic mass is 19.4. The van der Waals surface area contributed by atoms with E-state index in [1.54, 1.807) is 0 Å². The molecule has 2 aliphatic heterocycles. The molecule has 32 heavy (non-hydrogen) atoms. The number of carboxylic acid groups (broad SMARTS) is 1. The number of hydrogen-bond acceptors (Lipinski definition) is 4. The van der Waals surface area contributed by atoms with Crippen LogP contribution in [0.15, 0.2) is 29.3 Å². The van der Waals surface area contributed by atoms with Crippen molar-refractivity contribution in [3.63, 3.8) is 0 Å². The number of aliphatic imine (C=N–C) groups is 1. The molecule has 1 saturated carbocycles. The second kappa shape index (κ2) is 9.21. The molecule has 4 rings (SSSR count). The Kier molecular flexibility index (Phi) is 6.97. The maximum atomic E-state index is 13.2. The van der Waals surface area contributed by atoms with Crippen LogP contribution >= 0.6 is 0 Å². The molecule has 6 nitrogen and oxygen atoms in total. The number of benzene rings is 1. The van der Waals surface area contributed by atoms with Gasteiger partial charge in [0.15, 0.2) is 0 Å². The van der Waals surface area contributed by atoms with Crippen molar-refractivity contribution in [1.29, 1.82) is 0 Å². The van der Waals surface area contributed by atoms with Gasteiger partial charge < -0.3 is 5.11 Å². The van der Waals surface area contributed by atoms with Crippen LogP contribution in [0.25, 0.3) is 0 Å². The minimum Gasteiger partial charge on any atom is -0.475 e. The molecule has 1 saturated heterocycles. The first-order chi connectivity index (χ1) is 15.0. The summed E-state index contributed by atoms with van der Waals surface area (Å²) < 4.78 is 31.7. The first kappa shape index (κ1) is 24.2.